The van der Waals surface area contributed by atoms with Crippen LogP contribution in [0, 0.1) is 0 Å². The molecule has 0 aliphatic carbocycles. The summed E-state index contributed by atoms with van der Waals surface area (Å²) in [6.07, 6.45) is -3.79. The number of ether oxygens (including phenoxy) is 2. The average molecular weight is 293 g/mol. The molecule has 0 bridgehead atoms. The molecule has 1 heterocycles. The van der Waals surface area contributed by atoms with Crippen LogP contribution >= 0.6 is 0 Å². The van der Waals surface area contributed by atoms with E-state index in [4.69, 9.17) is 9.47 Å². The van der Waals surface area contributed by atoms with Crippen LogP contribution in [0.3, 0.4) is 0 Å². The molecule has 114 valence electrons. The van der Waals surface area contributed by atoms with E-state index in [0.29, 0.717) is 19.8 Å². The molecule has 0 spiro atoms. The van der Waals surface area contributed by atoms with Gasteiger partial charge in [-0.3, -0.25) is 0 Å². The van der Waals surface area contributed by atoms with Crippen LogP contribution in [-0.2, 0) is 10.9 Å². The van der Waals surface area contributed by atoms with Crippen LogP contribution in [0.4, 0.5) is 19.1 Å². The van der Waals surface area contributed by atoms with E-state index in [1.54, 1.807) is 0 Å². The Bertz CT molecular complexity index is 413. The number of nitrogens with zero attached hydrogens (tertiary/aromatic N) is 2. The molecule has 0 radical (unpaired) electrons. The zero-order valence-corrected chi connectivity index (χ0v) is 11.5. The fourth-order valence-corrected chi connectivity index (χ4v) is 1.31. The first kappa shape index (κ1) is 16.5. The second-order valence-electron chi connectivity index (χ2n) is 3.88. The minimum Gasteiger partial charge on any atom is -0.475 e. The Kier molecular flexibility index (Phi) is 6.50. The second-order valence-corrected chi connectivity index (χ2v) is 3.88. The van der Waals surface area contributed by atoms with E-state index in [-0.39, 0.29) is 18.4 Å². The fraction of sp³-hybridized carbons (Fsp3) is 0.667. The molecule has 0 aliphatic heterocycles. The Morgan fingerprint density at radius 1 is 1.20 bits per heavy atom. The maximum Gasteiger partial charge on any atom is 0.433 e. The van der Waals surface area contributed by atoms with Gasteiger partial charge in [0.2, 0.25) is 11.8 Å². The van der Waals surface area contributed by atoms with Crippen LogP contribution in [0.5, 0.6) is 5.88 Å². The summed E-state index contributed by atoms with van der Waals surface area (Å²) in [5.74, 6) is -0.210. The van der Waals surface area contributed by atoms with Crippen molar-refractivity contribution in [3.05, 3.63) is 11.8 Å². The maximum atomic E-state index is 12.7. The monoisotopic (exact) mass is 293 g/mol. The van der Waals surface area contributed by atoms with Gasteiger partial charge in [-0.25, -0.2) is 4.98 Å². The number of alkyl halides is 3. The Labute approximate surface area is 115 Å². The van der Waals surface area contributed by atoms with E-state index < -0.39 is 11.9 Å². The van der Waals surface area contributed by atoms with Gasteiger partial charge < -0.3 is 14.8 Å². The summed E-state index contributed by atoms with van der Waals surface area (Å²) in [5.41, 5.74) is -1.03. The first-order valence-electron chi connectivity index (χ1n) is 6.38. The van der Waals surface area contributed by atoms with E-state index in [9.17, 15) is 13.2 Å². The maximum absolute atomic E-state index is 12.7. The lowest BCUT2D eigenvalue weighted by atomic mass is 10.4. The van der Waals surface area contributed by atoms with Gasteiger partial charge in [0.05, 0.1) is 6.61 Å². The van der Waals surface area contributed by atoms with Crippen molar-refractivity contribution in [3.63, 3.8) is 0 Å². The van der Waals surface area contributed by atoms with E-state index >= 15 is 0 Å². The third kappa shape index (κ3) is 5.60. The van der Waals surface area contributed by atoms with Crippen LogP contribution in [0.15, 0.2) is 6.07 Å². The predicted molar refractivity (Wildman–Crippen MR) is 67.8 cm³/mol. The molecule has 0 unspecified atom stereocenters. The number of nitrogens with one attached hydrogen (secondary N) is 1. The van der Waals surface area contributed by atoms with Crippen molar-refractivity contribution < 1.29 is 22.6 Å². The Balaban J connectivity index is 2.80. The Hall–Kier alpha value is -1.57. The van der Waals surface area contributed by atoms with Gasteiger partial charge in [0.25, 0.3) is 0 Å². The van der Waals surface area contributed by atoms with E-state index in [2.05, 4.69) is 15.3 Å². The van der Waals surface area contributed by atoms with Gasteiger partial charge >= 0.3 is 6.18 Å². The molecule has 0 saturated heterocycles. The first-order valence-corrected chi connectivity index (χ1v) is 6.38. The zero-order chi connectivity index (χ0) is 15.0. The second kappa shape index (κ2) is 7.88. The molecule has 1 rings (SSSR count). The molecule has 1 N–H and O–H groups in total. The number of anilines is 1. The molecule has 0 aliphatic rings. The molecule has 20 heavy (non-hydrogen) atoms. The molecule has 0 saturated carbocycles. The highest BCUT2D eigenvalue weighted by Gasteiger charge is 2.34. The molecule has 0 fully saturated rings. The lowest BCUT2D eigenvalue weighted by molar-refractivity contribution is -0.141. The van der Waals surface area contributed by atoms with Crippen LogP contribution in [0.2, 0.25) is 0 Å². The topological polar surface area (TPSA) is 56.3 Å². The lowest BCUT2D eigenvalue weighted by Crippen LogP contribution is -2.14. The van der Waals surface area contributed by atoms with Gasteiger partial charge in [-0.15, -0.1) is 0 Å². The lowest BCUT2D eigenvalue weighted by Gasteiger charge is -2.12. The van der Waals surface area contributed by atoms with Gasteiger partial charge in [-0.2, -0.15) is 18.2 Å². The SMILES string of the molecule is CCCNc1nc(OCCOCC)cc(C(F)(F)F)n1. The fourth-order valence-electron chi connectivity index (χ4n) is 1.31. The molecule has 0 aromatic carbocycles. The zero-order valence-electron chi connectivity index (χ0n) is 11.5. The molecule has 5 nitrogen and oxygen atoms in total. The largest absolute Gasteiger partial charge is 0.475 e. The molecule has 0 amide bonds. The van der Waals surface area contributed by atoms with Crippen molar-refractivity contribution in [3.8, 4) is 5.88 Å². The summed E-state index contributed by atoms with van der Waals surface area (Å²) in [6.45, 7) is 5.14. The summed E-state index contributed by atoms with van der Waals surface area (Å²) >= 11 is 0. The third-order valence-corrected chi connectivity index (χ3v) is 2.21. The van der Waals surface area contributed by atoms with Crippen LogP contribution in [0.25, 0.3) is 0 Å². The van der Waals surface area contributed by atoms with Crippen LogP contribution < -0.4 is 10.1 Å². The van der Waals surface area contributed by atoms with Gasteiger partial charge in [-0.05, 0) is 13.3 Å². The molecular formula is C12H18F3N3O2. The highest BCUT2D eigenvalue weighted by atomic mass is 19.4. The molecule has 1 aromatic rings. The summed E-state index contributed by atoms with van der Waals surface area (Å²) in [6, 6.07) is 0.781. The average Bonchev–Trinajstić information content (AvgIpc) is 2.40. The van der Waals surface area contributed by atoms with E-state index in [1.807, 2.05) is 13.8 Å². The normalized spacial score (nSPS) is 11.4. The van der Waals surface area contributed by atoms with Gasteiger partial charge in [0, 0.05) is 19.2 Å². The van der Waals surface area contributed by atoms with Crippen molar-refractivity contribution in [2.24, 2.45) is 0 Å². The van der Waals surface area contributed by atoms with Crippen LogP contribution in [0.1, 0.15) is 26.0 Å². The standard InChI is InChI=1S/C12H18F3N3O2/c1-3-5-16-11-17-9(12(13,14)15)8-10(18-11)20-7-6-19-4-2/h8H,3-7H2,1-2H3,(H,16,17,18). The Morgan fingerprint density at radius 2 is 1.95 bits per heavy atom. The Morgan fingerprint density at radius 3 is 2.55 bits per heavy atom. The first-order chi connectivity index (χ1) is 9.47. The summed E-state index contributed by atoms with van der Waals surface area (Å²) in [5, 5.41) is 2.72. The number of hydrogen-bond donors (Lipinski definition) is 1. The number of halogens is 3. The van der Waals surface area contributed by atoms with Gasteiger partial charge in [0.15, 0.2) is 5.69 Å². The number of hydrogen-bond acceptors (Lipinski definition) is 5. The molecule has 1 aromatic heterocycles. The van der Waals surface area contributed by atoms with E-state index in [0.717, 1.165) is 12.5 Å². The number of rotatable bonds is 8. The minimum atomic E-state index is -4.54. The van der Waals surface area contributed by atoms with Crippen molar-refractivity contribution in [1.29, 1.82) is 0 Å². The molecule has 8 heteroatoms. The predicted octanol–water partition coefficient (Wildman–Crippen LogP) is 2.73. The van der Waals surface area contributed by atoms with Crippen LogP contribution in [-0.4, -0.2) is 36.3 Å². The highest BCUT2D eigenvalue weighted by molar-refractivity contribution is 5.31. The van der Waals surface area contributed by atoms with E-state index in [1.165, 1.54) is 0 Å². The molecular weight excluding hydrogens is 275 g/mol. The minimum absolute atomic E-state index is 0.0897. The highest BCUT2D eigenvalue weighted by Crippen LogP contribution is 2.30. The summed E-state index contributed by atoms with van der Waals surface area (Å²) < 4.78 is 48.3. The smallest absolute Gasteiger partial charge is 0.433 e. The van der Waals surface area contributed by atoms with Crippen molar-refractivity contribution in [2.45, 2.75) is 26.4 Å². The van der Waals surface area contributed by atoms with Crippen molar-refractivity contribution >= 4 is 5.95 Å². The number of aromatic nitrogens is 2. The van der Waals surface area contributed by atoms with Crippen molar-refractivity contribution in [2.75, 3.05) is 31.7 Å². The quantitative estimate of drug-likeness (QED) is 0.747. The van der Waals surface area contributed by atoms with Gasteiger partial charge in [-0.1, -0.05) is 6.92 Å². The summed E-state index contributed by atoms with van der Waals surface area (Å²) in [7, 11) is 0. The van der Waals surface area contributed by atoms with Gasteiger partial charge in [0.1, 0.15) is 6.61 Å². The van der Waals surface area contributed by atoms with Crippen molar-refractivity contribution in [1.82, 2.24) is 9.97 Å². The summed E-state index contributed by atoms with van der Waals surface area (Å²) in [4.78, 5) is 7.31. The molecule has 0 atom stereocenters. The third-order valence-electron chi connectivity index (χ3n) is 2.21.